The van der Waals surface area contributed by atoms with E-state index in [1.807, 2.05) is 0 Å². The van der Waals surface area contributed by atoms with Crippen molar-refractivity contribution in [2.24, 2.45) is 0 Å². The minimum Gasteiger partial charge on any atom is -0.324 e. The minimum atomic E-state index is -0.289. The van der Waals surface area contributed by atoms with E-state index in [0.29, 0.717) is 17.3 Å². The first-order chi connectivity index (χ1) is 8.61. The lowest BCUT2D eigenvalue weighted by Crippen LogP contribution is -2.31. The summed E-state index contributed by atoms with van der Waals surface area (Å²) in [5, 5.41) is 3.25. The lowest BCUT2D eigenvalue weighted by molar-refractivity contribution is -0.124. The number of benzene rings is 1. The highest BCUT2D eigenvalue weighted by molar-refractivity contribution is 6.31. The number of amides is 2. The molecule has 0 fully saturated rings. The molecular weight excluding hydrogens is 252 g/mol. The largest absolute Gasteiger partial charge is 0.324 e. The van der Waals surface area contributed by atoms with Gasteiger partial charge in [-0.3, -0.25) is 9.59 Å². The fraction of sp³-hybridized carbons (Fsp3) is 0.385. The molecule has 0 spiro atoms. The Kier molecular flexibility index (Phi) is 3.87. The number of rotatable bonds is 3. The Hall–Kier alpha value is -1.55. The summed E-state index contributed by atoms with van der Waals surface area (Å²) in [5.41, 5.74) is 1.33. The van der Waals surface area contributed by atoms with Crippen LogP contribution in [-0.2, 0) is 9.59 Å². The molecule has 0 aromatic heterocycles. The van der Waals surface area contributed by atoms with Crippen molar-refractivity contribution >= 4 is 34.8 Å². The quantitative estimate of drug-likeness (QED) is 0.856. The standard InChI is InChI=1S/C13H15ClN2O2/c1-2-3-6-16-11-5-4-9(14)7-10(11)15-12(17)8-13(16)18/h4-5,7H,2-3,6,8H2,1H3,(H,15,17). The molecule has 1 aromatic carbocycles. The summed E-state index contributed by atoms with van der Waals surface area (Å²) in [4.78, 5) is 25.3. The smallest absolute Gasteiger partial charge is 0.236 e. The van der Waals surface area contributed by atoms with Gasteiger partial charge in [-0.2, -0.15) is 0 Å². The zero-order chi connectivity index (χ0) is 13.1. The second-order valence-electron chi connectivity index (χ2n) is 4.29. The maximum Gasteiger partial charge on any atom is 0.236 e. The van der Waals surface area contributed by atoms with Crippen LogP contribution in [0.4, 0.5) is 11.4 Å². The summed E-state index contributed by atoms with van der Waals surface area (Å²) in [6.07, 6.45) is 1.78. The predicted octanol–water partition coefficient (Wildman–Crippen LogP) is 2.82. The van der Waals surface area contributed by atoms with E-state index in [2.05, 4.69) is 12.2 Å². The molecule has 0 saturated heterocycles. The van der Waals surface area contributed by atoms with Crippen molar-refractivity contribution in [1.29, 1.82) is 0 Å². The SMILES string of the molecule is CCCCN1C(=O)CC(=O)Nc2cc(Cl)ccc21. The molecule has 0 unspecified atom stereocenters. The molecule has 0 bridgehead atoms. The summed E-state index contributed by atoms with van der Waals surface area (Å²) >= 11 is 5.91. The van der Waals surface area contributed by atoms with Gasteiger partial charge in [0.1, 0.15) is 6.42 Å². The molecule has 1 heterocycles. The van der Waals surface area contributed by atoms with E-state index in [4.69, 9.17) is 11.6 Å². The van der Waals surface area contributed by atoms with Gasteiger partial charge in [-0.25, -0.2) is 0 Å². The lowest BCUT2D eigenvalue weighted by atomic mass is 10.2. The van der Waals surface area contributed by atoms with Crippen molar-refractivity contribution in [1.82, 2.24) is 0 Å². The highest BCUT2D eigenvalue weighted by atomic mass is 35.5. The molecule has 4 nitrogen and oxygen atoms in total. The number of anilines is 2. The fourth-order valence-corrected chi connectivity index (χ4v) is 2.14. The van der Waals surface area contributed by atoms with Gasteiger partial charge in [0.15, 0.2) is 0 Å². The molecule has 1 aliphatic heterocycles. The molecule has 1 aliphatic rings. The molecule has 0 atom stereocenters. The van der Waals surface area contributed by atoms with E-state index < -0.39 is 0 Å². The number of nitrogens with one attached hydrogen (secondary N) is 1. The van der Waals surface area contributed by atoms with E-state index in [1.54, 1.807) is 23.1 Å². The molecule has 1 aromatic rings. The van der Waals surface area contributed by atoms with Gasteiger partial charge < -0.3 is 10.2 Å². The number of fused-ring (bicyclic) bond motifs is 1. The maximum atomic E-state index is 12.0. The minimum absolute atomic E-state index is 0.115. The summed E-state index contributed by atoms with van der Waals surface area (Å²) in [6, 6.07) is 5.17. The van der Waals surface area contributed by atoms with Gasteiger partial charge in [-0.05, 0) is 24.6 Å². The van der Waals surface area contributed by atoms with Crippen molar-refractivity contribution in [3.63, 3.8) is 0 Å². The van der Waals surface area contributed by atoms with E-state index >= 15 is 0 Å². The van der Waals surface area contributed by atoms with Crippen LogP contribution < -0.4 is 10.2 Å². The Morgan fingerprint density at radius 3 is 2.89 bits per heavy atom. The highest BCUT2D eigenvalue weighted by Crippen LogP contribution is 2.32. The van der Waals surface area contributed by atoms with E-state index in [1.165, 1.54) is 0 Å². The Bertz CT molecular complexity index is 488. The first-order valence-electron chi connectivity index (χ1n) is 6.01. The Morgan fingerprint density at radius 2 is 2.17 bits per heavy atom. The third kappa shape index (κ3) is 2.64. The van der Waals surface area contributed by atoms with E-state index in [0.717, 1.165) is 18.5 Å². The van der Waals surface area contributed by atoms with Crippen LogP contribution in [0.3, 0.4) is 0 Å². The molecule has 2 amide bonds. The summed E-state index contributed by atoms with van der Waals surface area (Å²) < 4.78 is 0. The number of hydrogen-bond acceptors (Lipinski definition) is 2. The second-order valence-corrected chi connectivity index (χ2v) is 4.72. The van der Waals surface area contributed by atoms with Crippen LogP contribution in [0.5, 0.6) is 0 Å². The van der Waals surface area contributed by atoms with Gasteiger partial charge in [0.05, 0.1) is 11.4 Å². The zero-order valence-corrected chi connectivity index (χ0v) is 11.0. The number of nitrogens with zero attached hydrogens (tertiary/aromatic N) is 1. The van der Waals surface area contributed by atoms with Gasteiger partial charge in [0, 0.05) is 11.6 Å². The number of carbonyl (C=O) groups excluding carboxylic acids is 2. The van der Waals surface area contributed by atoms with Crippen molar-refractivity contribution in [2.75, 3.05) is 16.8 Å². The molecule has 0 aliphatic carbocycles. The van der Waals surface area contributed by atoms with Crippen molar-refractivity contribution in [2.45, 2.75) is 26.2 Å². The van der Waals surface area contributed by atoms with Crippen LogP contribution in [-0.4, -0.2) is 18.4 Å². The first-order valence-corrected chi connectivity index (χ1v) is 6.39. The number of hydrogen-bond donors (Lipinski definition) is 1. The molecule has 0 radical (unpaired) electrons. The van der Waals surface area contributed by atoms with Gasteiger partial charge in [0.2, 0.25) is 11.8 Å². The molecule has 2 rings (SSSR count). The Labute approximate surface area is 111 Å². The third-order valence-corrected chi connectivity index (χ3v) is 3.11. The number of unbranched alkanes of at least 4 members (excludes halogenated alkanes) is 1. The summed E-state index contributed by atoms with van der Waals surface area (Å²) in [7, 11) is 0. The Morgan fingerprint density at radius 1 is 1.39 bits per heavy atom. The maximum absolute atomic E-state index is 12.0. The predicted molar refractivity (Wildman–Crippen MR) is 72.0 cm³/mol. The molecule has 18 heavy (non-hydrogen) atoms. The van der Waals surface area contributed by atoms with Crippen LogP contribution in [0.15, 0.2) is 18.2 Å². The van der Waals surface area contributed by atoms with Gasteiger partial charge in [-0.1, -0.05) is 24.9 Å². The van der Waals surface area contributed by atoms with Crippen LogP contribution in [0.1, 0.15) is 26.2 Å². The van der Waals surface area contributed by atoms with Crippen molar-refractivity contribution in [3.05, 3.63) is 23.2 Å². The zero-order valence-electron chi connectivity index (χ0n) is 10.2. The van der Waals surface area contributed by atoms with Gasteiger partial charge >= 0.3 is 0 Å². The van der Waals surface area contributed by atoms with E-state index in [9.17, 15) is 9.59 Å². The lowest BCUT2D eigenvalue weighted by Gasteiger charge is -2.22. The van der Waals surface area contributed by atoms with Crippen LogP contribution in [0.25, 0.3) is 0 Å². The van der Waals surface area contributed by atoms with Crippen LogP contribution in [0.2, 0.25) is 5.02 Å². The first kappa shape index (κ1) is 12.9. The van der Waals surface area contributed by atoms with Gasteiger partial charge in [0.25, 0.3) is 0 Å². The number of halogens is 1. The normalized spacial score (nSPS) is 15.1. The molecule has 1 N–H and O–H groups in total. The summed E-state index contributed by atoms with van der Waals surface area (Å²) in [6.45, 7) is 2.69. The van der Waals surface area contributed by atoms with Crippen LogP contribution >= 0.6 is 11.6 Å². The Balaban J connectivity index is 2.40. The van der Waals surface area contributed by atoms with Crippen LogP contribution in [0, 0.1) is 0 Å². The topological polar surface area (TPSA) is 49.4 Å². The van der Waals surface area contributed by atoms with Gasteiger partial charge in [-0.15, -0.1) is 0 Å². The molecule has 0 saturated carbocycles. The number of carbonyl (C=O) groups is 2. The average molecular weight is 267 g/mol. The summed E-state index contributed by atoms with van der Waals surface area (Å²) in [5.74, 6) is -0.454. The van der Waals surface area contributed by atoms with E-state index in [-0.39, 0.29) is 18.2 Å². The van der Waals surface area contributed by atoms with Crippen molar-refractivity contribution < 1.29 is 9.59 Å². The molecule has 5 heteroatoms. The highest BCUT2D eigenvalue weighted by Gasteiger charge is 2.25. The average Bonchev–Trinajstić information content (AvgIpc) is 2.42. The molecular formula is C13H15ClN2O2. The monoisotopic (exact) mass is 266 g/mol. The molecule has 96 valence electrons. The van der Waals surface area contributed by atoms with Crippen molar-refractivity contribution in [3.8, 4) is 0 Å². The second kappa shape index (κ2) is 5.40. The fourth-order valence-electron chi connectivity index (χ4n) is 1.97. The third-order valence-electron chi connectivity index (χ3n) is 2.87.